The highest BCUT2D eigenvalue weighted by Crippen LogP contribution is 2.61. The number of imidazole rings is 1. The fourth-order valence-corrected chi connectivity index (χ4v) is 9.02. The number of aromatic nitrogens is 3. The summed E-state index contributed by atoms with van der Waals surface area (Å²) in [7, 11) is 0. The van der Waals surface area contributed by atoms with Gasteiger partial charge in [-0.1, -0.05) is 115 Å². The van der Waals surface area contributed by atoms with Crippen molar-refractivity contribution in [3.63, 3.8) is 0 Å². The molecule has 0 saturated heterocycles. The SMILES string of the molecule is Cc1nc2ccccc2n1-c1ccc(-c2ccc3c(c2)C2(c4ccccc4-3)c3ccccc3-n3c4ccccc4c4cccc2c43)cc1. The molecule has 3 heteroatoms. The van der Waals surface area contributed by atoms with Crippen LogP contribution in [0.4, 0.5) is 0 Å². The van der Waals surface area contributed by atoms with Gasteiger partial charge in [-0.05, 0) is 93.9 Å². The quantitative estimate of drug-likeness (QED) is 0.191. The summed E-state index contributed by atoms with van der Waals surface area (Å²) in [5.74, 6) is 0.990. The van der Waals surface area contributed by atoms with Crippen LogP contribution in [0, 0.1) is 6.92 Å². The molecule has 3 heterocycles. The van der Waals surface area contributed by atoms with E-state index in [0.29, 0.717) is 0 Å². The van der Waals surface area contributed by atoms with Crippen LogP contribution in [-0.4, -0.2) is 14.1 Å². The fraction of sp³-hybridized carbons (Fsp3) is 0.0444. The molecule has 0 fully saturated rings. The number of para-hydroxylation sites is 5. The van der Waals surface area contributed by atoms with E-state index in [9.17, 15) is 0 Å². The van der Waals surface area contributed by atoms with E-state index in [1.54, 1.807) is 0 Å². The van der Waals surface area contributed by atoms with Crippen LogP contribution in [0.2, 0.25) is 0 Å². The van der Waals surface area contributed by atoms with Crippen LogP contribution in [0.5, 0.6) is 0 Å². The van der Waals surface area contributed by atoms with E-state index in [4.69, 9.17) is 4.98 Å². The molecule has 11 rings (SSSR count). The Morgan fingerprint density at radius 3 is 2.04 bits per heavy atom. The van der Waals surface area contributed by atoms with Crippen molar-refractivity contribution in [1.82, 2.24) is 14.1 Å². The summed E-state index contributed by atoms with van der Waals surface area (Å²) in [5, 5.41) is 2.60. The summed E-state index contributed by atoms with van der Waals surface area (Å²) in [6.07, 6.45) is 0. The lowest BCUT2D eigenvalue weighted by Crippen LogP contribution is -2.33. The van der Waals surface area contributed by atoms with Crippen LogP contribution < -0.4 is 0 Å². The Bertz CT molecular complexity index is 2800. The number of hydrogen-bond acceptors (Lipinski definition) is 1. The summed E-state index contributed by atoms with van der Waals surface area (Å²) in [6.45, 7) is 2.08. The first-order chi connectivity index (χ1) is 23.7. The topological polar surface area (TPSA) is 22.8 Å². The highest BCUT2D eigenvalue weighted by molar-refractivity contribution is 6.12. The second-order valence-corrected chi connectivity index (χ2v) is 13.2. The summed E-state index contributed by atoms with van der Waals surface area (Å²) in [5.41, 5.74) is 17.0. The van der Waals surface area contributed by atoms with Crippen molar-refractivity contribution < 1.29 is 0 Å². The summed E-state index contributed by atoms with van der Waals surface area (Å²) >= 11 is 0. The molecule has 1 atom stereocenters. The second kappa shape index (κ2) is 9.21. The number of benzene rings is 7. The monoisotopic (exact) mass is 611 g/mol. The van der Waals surface area contributed by atoms with Gasteiger partial charge in [0.15, 0.2) is 0 Å². The zero-order valence-electron chi connectivity index (χ0n) is 26.4. The summed E-state index contributed by atoms with van der Waals surface area (Å²) in [4.78, 5) is 4.80. The van der Waals surface area contributed by atoms with Crippen LogP contribution in [-0.2, 0) is 5.41 Å². The normalized spacial score (nSPS) is 15.7. The first-order valence-electron chi connectivity index (χ1n) is 16.7. The minimum atomic E-state index is -0.449. The van der Waals surface area contributed by atoms with Gasteiger partial charge in [-0.2, -0.15) is 0 Å². The maximum atomic E-state index is 4.80. The largest absolute Gasteiger partial charge is 0.309 e. The van der Waals surface area contributed by atoms with Crippen molar-refractivity contribution in [1.29, 1.82) is 0 Å². The van der Waals surface area contributed by atoms with Crippen molar-refractivity contribution in [2.75, 3.05) is 0 Å². The minimum absolute atomic E-state index is 0.449. The van der Waals surface area contributed by atoms with Gasteiger partial charge in [-0.15, -0.1) is 0 Å². The van der Waals surface area contributed by atoms with Crippen LogP contribution in [0.15, 0.2) is 158 Å². The first-order valence-corrected chi connectivity index (χ1v) is 16.7. The molecule has 2 aromatic heterocycles. The molecule has 2 aliphatic rings. The lowest BCUT2D eigenvalue weighted by atomic mass is 9.65. The van der Waals surface area contributed by atoms with Gasteiger partial charge < -0.3 is 4.57 Å². The third-order valence-corrected chi connectivity index (χ3v) is 10.9. The van der Waals surface area contributed by atoms with Gasteiger partial charge in [0.05, 0.1) is 33.2 Å². The van der Waals surface area contributed by atoms with Gasteiger partial charge in [0.2, 0.25) is 0 Å². The van der Waals surface area contributed by atoms with Crippen LogP contribution in [0.3, 0.4) is 0 Å². The molecule has 1 unspecified atom stereocenters. The Morgan fingerprint density at radius 1 is 0.479 bits per heavy atom. The van der Waals surface area contributed by atoms with Crippen molar-refractivity contribution in [3.8, 4) is 33.6 Å². The van der Waals surface area contributed by atoms with Crippen LogP contribution in [0.25, 0.3) is 66.5 Å². The molecule has 0 N–H and O–H groups in total. The molecule has 1 spiro atoms. The van der Waals surface area contributed by atoms with Gasteiger partial charge >= 0.3 is 0 Å². The molecule has 0 bridgehead atoms. The average Bonchev–Trinajstić information content (AvgIpc) is 3.77. The standard InChI is InChI=1S/C45H29N3/c1-28-46-40-17-6-9-20-43(40)47(28)31-24-21-29(22-25-31)30-23-26-33-32-11-2-4-14-36(32)45(39(33)27-30)37-15-5-8-19-42(37)48-41-18-7-3-12-34(41)35-13-10-16-38(45)44(35)48/h2-27H,1H3. The highest BCUT2D eigenvalue weighted by Gasteiger charge is 2.50. The zero-order valence-corrected chi connectivity index (χ0v) is 26.4. The Kier molecular flexibility index (Phi) is 4.98. The lowest BCUT2D eigenvalue weighted by molar-refractivity contribution is 0.749. The van der Waals surface area contributed by atoms with E-state index in [0.717, 1.165) is 22.5 Å². The fourth-order valence-electron chi connectivity index (χ4n) is 9.02. The third-order valence-electron chi connectivity index (χ3n) is 10.9. The predicted molar refractivity (Wildman–Crippen MR) is 196 cm³/mol. The van der Waals surface area contributed by atoms with E-state index >= 15 is 0 Å². The highest BCUT2D eigenvalue weighted by atomic mass is 15.1. The van der Waals surface area contributed by atoms with E-state index in [-0.39, 0.29) is 0 Å². The predicted octanol–water partition coefficient (Wildman–Crippen LogP) is 10.8. The number of rotatable bonds is 2. The summed E-state index contributed by atoms with van der Waals surface area (Å²) in [6, 6.07) is 58.3. The van der Waals surface area contributed by atoms with Crippen molar-refractivity contribution in [3.05, 3.63) is 186 Å². The zero-order chi connectivity index (χ0) is 31.6. The number of fused-ring (bicyclic) bond motifs is 13. The summed E-state index contributed by atoms with van der Waals surface area (Å²) < 4.78 is 4.75. The Labute approximate surface area is 278 Å². The molecule has 9 aromatic rings. The van der Waals surface area contributed by atoms with Crippen molar-refractivity contribution >= 4 is 32.8 Å². The van der Waals surface area contributed by atoms with Gasteiger partial charge in [-0.25, -0.2) is 4.98 Å². The van der Waals surface area contributed by atoms with Crippen molar-refractivity contribution in [2.24, 2.45) is 0 Å². The minimum Gasteiger partial charge on any atom is -0.309 e. The molecular weight excluding hydrogens is 583 g/mol. The van der Waals surface area contributed by atoms with E-state index in [2.05, 4.69) is 168 Å². The van der Waals surface area contributed by atoms with Gasteiger partial charge in [0.1, 0.15) is 5.82 Å². The molecule has 0 radical (unpaired) electrons. The molecule has 1 aliphatic carbocycles. The molecule has 48 heavy (non-hydrogen) atoms. The molecule has 0 saturated carbocycles. The molecule has 3 nitrogen and oxygen atoms in total. The van der Waals surface area contributed by atoms with Crippen LogP contribution in [0.1, 0.15) is 28.1 Å². The van der Waals surface area contributed by atoms with E-state index in [1.807, 2.05) is 6.07 Å². The van der Waals surface area contributed by atoms with Gasteiger partial charge in [-0.3, -0.25) is 4.57 Å². The molecule has 1 aliphatic heterocycles. The Hall–Kier alpha value is -6.19. The van der Waals surface area contributed by atoms with Gasteiger partial charge in [0.25, 0.3) is 0 Å². The molecule has 7 aromatic carbocycles. The van der Waals surface area contributed by atoms with E-state index in [1.165, 1.54) is 72.0 Å². The second-order valence-electron chi connectivity index (χ2n) is 13.2. The number of nitrogens with zero attached hydrogens (tertiary/aromatic N) is 3. The maximum Gasteiger partial charge on any atom is 0.111 e. The average molecular weight is 612 g/mol. The Balaban J connectivity index is 1.18. The Morgan fingerprint density at radius 2 is 1.15 bits per heavy atom. The maximum absolute atomic E-state index is 4.80. The molecular formula is C45H29N3. The molecule has 224 valence electrons. The van der Waals surface area contributed by atoms with Crippen LogP contribution >= 0.6 is 0 Å². The van der Waals surface area contributed by atoms with E-state index < -0.39 is 5.41 Å². The number of hydrogen-bond donors (Lipinski definition) is 0. The lowest BCUT2D eigenvalue weighted by Gasteiger charge is -2.39. The third kappa shape index (κ3) is 3.11. The number of aryl methyl sites for hydroxylation is 1. The smallest absolute Gasteiger partial charge is 0.111 e. The van der Waals surface area contributed by atoms with Crippen molar-refractivity contribution in [2.45, 2.75) is 12.3 Å². The van der Waals surface area contributed by atoms with Gasteiger partial charge in [0, 0.05) is 16.5 Å². The molecule has 0 amide bonds. The first kappa shape index (κ1) is 25.9.